The quantitative estimate of drug-likeness (QED) is 0.726. The summed E-state index contributed by atoms with van der Waals surface area (Å²) < 4.78 is 5.28. The zero-order valence-electron chi connectivity index (χ0n) is 9.74. The Hall–Kier alpha value is -1.58. The first-order valence-electron chi connectivity index (χ1n) is 5.30. The Kier molecular flexibility index (Phi) is 2.37. The number of hydrogen-bond acceptors (Lipinski definition) is 3. The fourth-order valence-electron chi connectivity index (χ4n) is 2.05. The number of Topliss-reactive ketones (excluding diaryl/α,β-unsaturated/α-hetero) is 1. The van der Waals surface area contributed by atoms with Gasteiger partial charge in [0.25, 0.3) is 5.91 Å². The van der Waals surface area contributed by atoms with Gasteiger partial charge in [-0.15, -0.1) is 0 Å². The molecule has 1 aromatic heterocycles. The molecule has 4 heteroatoms. The Morgan fingerprint density at radius 1 is 1.44 bits per heavy atom. The zero-order valence-corrected chi connectivity index (χ0v) is 9.74. The summed E-state index contributed by atoms with van der Waals surface area (Å²) in [5.74, 6) is 0.900. The van der Waals surface area contributed by atoms with Crippen molar-refractivity contribution in [2.75, 3.05) is 6.54 Å². The van der Waals surface area contributed by atoms with Crippen molar-refractivity contribution in [1.29, 1.82) is 0 Å². The molecular weight excluding hydrogens is 206 g/mol. The zero-order chi connectivity index (χ0) is 11.9. The van der Waals surface area contributed by atoms with E-state index >= 15 is 0 Å². The highest BCUT2D eigenvalue weighted by atomic mass is 16.3. The molecule has 1 aromatic rings. The van der Waals surface area contributed by atoms with E-state index in [1.807, 2.05) is 13.8 Å². The second kappa shape index (κ2) is 3.47. The van der Waals surface area contributed by atoms with Gasteiger partial charge in [-0.25, -0.2) is 0 Å². The number of carbonyl (C=O) groups is 2. The van der Waals surface area contributed by atoms with Crippen molar-refractivity contribution in [1.82, 2.24) is 4.90 Å². The highest BCUT2D eigenvalue weighted by Crippen LogP contribution is 2.28. The predicted molar refractivity (Wildman–Crippen MR) is 58.2 cm³/mol. The Balaban J connectivity index is 2.26. The largest absolute Gasteiger partial charge is 0.456 e. The summed E-state index contributed by atoms with van der Waals surface area (Å²) in [6.45, 7) is 5.76. The van der Waals surface area contributed by atoms with Crippen molar-refractivity contribution in [2.24, 2.45) is 0 Å². The van der Waals surface area contributed by atoms with E-state index in [1.54, 1.807) is 24.0 Å². The van der Waals surface area contributed by atoms with Crippen molar-refractivity contribution in [2.45, 2.75) is 32.7 Å². The van der Waals surface area contributed by atoms with Gasteiger partial charge < -0.3 is 9.32 Å². The summed E-state index contributed by atoms with van der Waals surface area (Å²) in [6, 6.07) is 3.40. The number of amides is 1. The third-order valence-corrected chi connectivity index (χ3v) is 2.89. The van der Waals surface area contributed by atoms with Crippen LogP contribution in [0.1, 0.15) is 36.6 Å². The van der Waals surface area contributed by atoms with Crippen LogP contribution in [0.15, 0.2) is 16.5 Å². The lowest BCUT2D eigenvalue weighted by Gasteiger charge is -2.29. The molecule has 16 heavy (non-hydrogen) atoms. The minimum absolute atomic E-state index is 0.0987. The van der Waals surface area contributed by atoms with E-state index in [0.29, 0.717) is 17.9 Å². The minimum Gasteiger partial charge on any atom is -0.456 e. The molecule has 0 saturated carbocycles. The predicted octanol–water partition coefficient (Wildman–Crippen LogP) is 1.78. The molecule has 1 aliphatic heterocycles. The molecule has 86 valence electrons. The molecule has 2 rings (SSSR count). The Morgan fingerprint density at radius 3 is 2.56 bits per heavy atom. The van der Waals surface area contributed by atoms with Crippen molar-refractivity contribution >= 4 is 11.7 Å². The number of aryl methyl sites for hydroxylation is 1. The lowest BCUT2D eigenvalue weighted by atomic mass is 10.0. The Labute approximate surface area is 94.2 Å². The Bertz CT molecular complexity index is 445. The lowest BCUT2D eigenvalue weighted by molar-refractivity contribution is -0.116. The standard InChI is InChI=1S/C12H15NO3/c1-8-4-5-10(16-8)11(15)13-7-9(14)6-12(13,2)3/h4-5H,6-7H2,1-3H3. The van der Waals surface area contributed by atoms with Crippen LogP contribution in [0.2, 0.25) is 0 Å². The number of rotatable bonds is 1. The normalized spacial score (nSPS) is 19.2. The van der Waals surface area contributed by atoms with Gasteiger partial charge in [-0.2, -0.15) is 0 Å². The van der Waals surface area contributed by atoms with Crippen LogP contribution < -0.4 is 0 Å². The van der Waals surface area contributed by atoms with Crippen LogP contribution in [0.5, 0.6) is 0 Å². The second-order valence-corrected chi connectivity index (χ2v) is 4.83. The highest BCUT2D eigenvalue weighted by molar-refractivity contribution is 5.98. The van der Waals surface area contributed by atoms with Gasteiger partial charge in [0.2, 0.25) is 0 Å². The topological polar surface area (TPSA) is 50.5 Å². The van der Waals surface area contributed by atoms with E-state index in [4.69, 9.17) is 4.42 Å². The molecule has 2 heterocycles. The van der Waals surface area contributed by atoms with E-state index in [0.717, 1.165) is 0 Å². The van der Waals surface area contributed by atoms with Crippen LogP contribution in [0.25, 0.3) is 0 Å². The van der Waals surface area contributed by atoms with Crippen LogP contribution >= 0.6 is 0 Å². The molecule has 0 spiro atoms. The third-order valence-electron chi connectivity index (χ3n) is 2.89. The van der Waals surface area contributed by atoms with Gasteiger partial charge >= 0.3 is 0 Å². The number of hydrogen-bond donors (Lipinski definition) is 0. The number of likely N-dealkylation sites (tertiary alicyclic amines) is 1. The third kappa shape index (κ3) is 1.75. The molecule has 0 N–H and O–H groups in total. The smallest absolute Gasteiger partial charge is 0.290 e. The molecule has 1 saturated heterocycles. The van der Waals surface area contributed by atoms with Crippen molar-refractivity contribution < 1.29 is 14.0 Å². The molecule has 1 amide bonds. The first-order valence-corrected chi connectivity index (χ1v) is 5.30. The maximum atomic E-state index is 12.1. The fourth-order valence-corrected chi connectivity index (χ4v) is 2.05. The van der Waals surface area contributed by atoms with Gasteiger partial charge in [-0.3, -0.25) is 9.59 Å². The van der Waals surface area contributed by atoms with Gasteiger partial charge in [0.05, 0.1) is 6.54 Å². The molecule has 1 fully saturated rings. The van der Waals surface area contributed by atoms with Crippen LogP contribution in [0.3, 0.4) is 0 Å². The fraction of sp³-hybridized carbons (Fsp3) is 0.500. The molecule has 0 aliphatic carbocycles. The average Bonchev–Trinajstić information content (AvgIpc) is 2.69. The molecular formula is C12H15NO3. The Morgan fingerprint density at radius 2 is 2.12 bits per heavy atom. The van der Waals surface area contributed by atoms with Crippen molar-refractivity contribution in [3.63, 3.8) is 0 Å². The first-order chi connectivity index (χ1) is 7.40. The molecule has 0 radical (unpaired) electrons. The number of carbonyl (C=O) groups excluding carboxylic acids is 2. The van der Waals surface area contributed by atoms with Crippen molar-refractivity contribution in [3.8, 4) is 0 Å². The van der Waals surface area contributed by atoms with E-state index in [-0.39, 0.29) is 18.2 Å². The summed E-state index contributed by atoms with van der Waals surface area (Å²) in [7, 11) is 0. The summed E-state index contributed by atoms with van der Waals surface area (Å²) in [5, 5.41) is 0. The lowest BCUT2D eigenvalue weighted by Crippen LogP contribution is -2.42. The summed E-state index contributed by atoms with van der Waals surface area (Å²) >= 11 is 0. The van der Waals surface area contributed by atoms with E-state index in [2.05, 4.69) is 0 Å². The van der Waals surface area contributed by atoms with Crippen molar-refractivity contribution in [3.05, 3.63) is 23.7 Å². The molecule has 0 unspecified atom stereocenters. The van der Waals surface area contributed by atoms with E-state index in [9.17, 15) is 9.59 Å². The van der Waals surface area contributed by atoms with Gasteiger partial charge in [-0.05, 0) is 32.9 Å². The number of nitrogens with zero attached hydrogens (tertiary/aromatic N) is 1. The van der Waals surface area contributed by atoms with Crippen LogP contribution in [-0.2, 0) is 4.79 Å². The molecule has 4 nitrogen and oxygen atoms in total. The van der Waals surface area contributed by atoms with Crippen LogP contribution in [-0.4, -0.2) is 28.7 Å². The summed E-state index contributed by atoms with van der Waals surface area (Å²) in [4.78, 5) is 25.1. The number of furan rings is 1. The monoisotopic (exact) mass is 221 g/mol. The maximum absolute atomic E-state index is 12.1. The van der Waals surface area contributed by atoms with Gasteiger partial charge in [-0.1, -0.05) is 0 Å². The highest BCUT2D eigenvalue weighted by Gasteiger charge is 2.41. The molecule has 0 aromatic carbocycles. The van der Waals surface area contributed by atoms with E-state index < -0.39 is 5.54 Å². The summed E-state index contributed by atoms with van der Waals surface area (Å²) in [6.07, 6.45) is 0.415. The average molecular weight is 221 g/mol. The van der Waals surface area contributed by atoms with Gasteiger partial charge in [0.1, 0.15) is 5.76 Å². The first kappa shape index (κ1) is 10.9. The maximum Gasteiger partial charge on any atom is 0.290 e. The molecule has 0 bridgehead atoms. The second-order valence-electron chi connectivity index (χ2n) is 4.83. The SMILES string of the molecule is Cc1ccc(C(=O)N2CC(=O)CC2(C)C)o1. The molecule has 1 aliphatic rings. The van der Waals surface area contributed by atoms with Gasteiger partial charge in [0.15, 0.2) is 11.5 Å². The molecule has 0 atom stereocenters. The number of ketones is 1. The summed E-state index contributed by atoms with van der Waals surface area (Å²) in [5.41, 5.74) is -0.408. The van der Waals surface area contributed by atoms with Crippen LogP contribution in [0, 0.1) is 6.92 Å². The van der Waals surface area contributed by atoms with Gasteiger partial charge in [0, 0.05) is 12.0 Å². The van der Waals surface area contributed by atoms with E-state index in [1.165, 1.54) is 0 Å². The minimum atomic E-state index is -0.408. The van der Waals surface area contributed by atoms with Crippen LogP contribution in [0.4, 0.5) is 0 Å².